The van der Waals surface area contributed by atoms with E-state index in [2.05, 4.69) is 5.16 Å². The van der Waals surface area contributed by atoms with E-state index in [4.69, 9.17) is 15.3 Å². The summed E-state index contributed by atoms with van der Waals surface area (Å²) in [5.74, 6) is -0.334. The highest BCUT2D eigenvalue weighted by Crippen LogP contribution is 2.13. The Hall–Kier alpha value is -2.45. The number of amidine groups is 1. The molecule has 9 heteroatoms. The number of methoxy groups -OCH3 is 1. The standard InChI is InChI=1S/C13H16F3N3O3/c1-8(12(20)18-7-13(14,15)16)22-19-11(17)9-3-5-10(21-2)6-4-9/h3-6,8H,7H2,1-2H3,(H2,17,19)(H,18,20). The summed E-state index contributed by atoms with van der Waals surface area (Å²) in [5.41, 5.74) is 6.17. The minimum absolute atomic E-state index is 0.0156. The van der Waals surface area contributed by atoms with Gasteiger partial charge in [0.1, 0.15) is 12.3 Å². The van der Waals surface area contributed by atoms with Crippen LogP contribution in [0.4, 0.5) is 13.2 Å². The van der Waals surface area contributed by atoms with Gasteiger partial charge in [0, 0.05) is 5.56 Å². The highest BCUT2D eigenvalue weighted by atomic mass is 19.4. The van der Waals surface area contributed by atoms with Gasteiger partial charge in [0.05, 0.1) is 7.11 Å². The van der Waals surface area contributed by atoms with Crippen LogP contribution in [0.15, 0.2) is 29.4 Å². The molecule has 1 rings (SSSR count). The van der Waals surface area contributed by atoms with Crippen LogP contribution in [0.25, 0.3) is 0 Å². The Morgan fingerprint density at radius 2 is 1.95 bits per heavy atom. The van der Waals surface area contributed by atoms with Crippen molar-refractivity contribution in [2.45, 2.75) is 19.2 Å². The fourth-order valence-corrected chi connectivity index (χ4v) is 1.33. The van der Waals surface area contributed by atoms with E-state index >= 15 is 0 Å². The van der Waals surface area contributed by atoms with Gasteiger partial charge in [-0.2, -0.15) is 13.2 Å². The lowest BCUT2D eigenvalue weighted by Gasteiger charge is -2.12. The molecule has 0 fully saturated rings. The molecule has 1 atom stereocenters. The number of oxime groups is 1. The van der Waals surface area contributed by atoms with E-state index < -0.39 is 24.7 Å². The second kappa shape index (κ2) is 7.53. The van der Waals surface area contributed by atoms with Crippen molar-refractivity contribution in [3.05, 3.63) is 29.8 Å². The fourth-order valence-electron chi connectivity index (χ4n) is 1.33. The summed E-state index contributed by atoms with van der Waals surface area (Å²) in [6.07, 6.45) is -5.69. The molecule has 6 nitrogen and oxygen atoms in total. The van der Waals surface area contributed by atoms with Gasteiger partial charge in [0.25, 0.3) is 5.91 Å². The minimum Gasteiger partial charge on any atom is -0.497 e. The third-order valence-corrected chi connectivity index (χ3v) is 2.53. The molecule has 122 valence electrons. The molecule has 0 aromatic heterocycles. The van der Waals surface area contributed by atoms with Crippen molar-refractivity contribution in [2.24, 2.45) is 10.9 Å². The van der Waals surface area contributed by atoms with E-state index in [1.165, 1.54) is 14.0 Å². The van der Waals surface area contributed by atoms with Crippen LogP contribution >= 0.6 is 0 Å². The van der Waals surface area contributed by atoms with Crippen molar-refractivity contribution in [1.29, 1.82) is 0 Å². The number of hydrogen-bond acceptors (Lipinski definition) is 4. The molecule has 0 heterocycles. The number of nitrogens with one attached hydrogen (secondary N) is 1. The summed E-state index contributed by atoms with van der Waals surface area (Å²) in [7, 11) is 1.51. The molecule has 0 aliphatic carbocycles. The normalized spacial score (nSPS) is 13.4. The Balaban J connectivity index is 2.56. The lowest BCUT2D eigenvalue weighted by Crippen LogP contribution is -2.39. The quantitative estimate of drug-likeness (QED) is 0.471. The molecule has 1 unspecified atom stereocenters. The van der Waals surface area contributed by atoms with Gasteiger partial charge < -0.3 is 20.6 Å². The van der Waals surface area contributed by atoms with Gasteiger partial charge in [-0.1, -0.05) is 5.16 Å². The third kappa shape index (κ3) is 5.90. The van der Waals surface area contributed by atoms with Crippen LogP contribution in [0, 0.1) is 0 Å². The maximum absolute atomic E-state index is 12.0. The molecular formula is C13H16F3N3O3. The van der Waals surface area contributed by atoms with Gasteiger partial charge in [-0.05, 0) is 31.2 Å². The van der Waals surface area contributed by atoms with Gasteiger partial charge in [-0.3, -0.25) is 4.79 Å². The Morgan fingerprint density at radius 3 is 2.45 bits per heavy atom. The zero-order valence-corrected chi connectivity index (χ0v) is 12.0. The molecule has 3 N–H and O–H groups in total. The van der Waals surface area contributed by atoms with Gasteiger partial charge in [0.2, 0.25) is 6.10 Å². The number of ether oxygens (including phenoxy) is 1. The predicted octanol–water partition coefficient (Wildman–Crippen LogP) is 1.40. The van der Waals surface area contributed by atoms with Crippen molar-refractivity contribution < 1.29 is 27.5 Å². The van der Waals surface area contributed by atoms with Crippen molar-refractivity contribution in [1.82, 2.24) is 5.32 Å². The summed E-state index contributed by atoms with van der Waals surface area (Å²) in [6.45, 7) is -0.173. The summed E-state index contributed by atoms with van der Waals surface area (Å²) >= 11 is 0. The molecule has 1 aromatic rings. The van der Waals surface area contributed by atoms with Crippen molar-refractivity contribution in [3.63, 3.8) is 0 Å². The number of nitrogens with zero attached hydrogens (tertiary/aromatic N) is 1. The van der Waals surface area contributed by atoms with Crippen LogP contribution in [0.2, 0.25) is 0 Å². The lowest BCUT2D eigenvalue weighted by molar-refractivity contribution is -0.145. The molecule has 0 aliphatic heterocycles. The first-order valence-corrected chi connectivity index (χ1v) is 6.21. The zero-order valence-electron chi connectivity index (χ0n) is 12.0. The molecule has 0 radical (unpaired) electrons. The molecule has 1 aromatic carbocycles. The van der Waals surface area contributed by atoms with Crippen LogP contribution in [-0.2, 0) is 9.63 Å². The van der Waals surface area contributed by atoms with Gasteiger partial charge >= 0.3 is 6.18 Å². The molecule has 0 aliphatic rings. The van der Waals surface area contributed by atoms with E-state index in [0.717, 1.165) is 0 Å². The molecule has 22 heavy (non-hydrogen) atoms. The number of carbonyl (C=O) groups is 1. The van der Waals surface area contributed by atoms with E-state index in [1.54, 1.807) is 29.6 Å². The van der Waals surface area contributed by atoms with E-state index in [9.17, 15) is 18.0 Å². The third-order valence-electron chi connectivity index (χ3n) is 2.53. The Labute approximate surface area is 125 Å². The number of benzene rings is 1. The van der Waals surface area contributed by atoms with Crippen molar-refractivity contribution in [2.75, 3.05) is 13.7 Å². The molecule has 0 saturated heterocycles. The number of rotatable bonds is 6. The average molecular weight is 319 g/mol. The maximum Gasteiger partial charge on any atom is 0.405 e. The molecule has 0 saturated carbocycles. The molecule has 1 amide bonds. The first kappa shape index (κ1) is 17.6. The second-order valence-corrected chi connectivity index (χ2v) is 4.29. The van der Waals surface area contributed by atoms with Gasteiger partial charge in [-0.25, -0.2) is 0 Å². The van der Waals surface area contributed by atoms with Gasteiger partial charge in [-0.15, -0.1) is 0 Å². The summed E-state index contributed by atoms with van der Waals surface area (Å²) in [6, 6.07) is 6.54. The van der Waals surface area contributed by atoms with E-state index in [-0.39, 0.29) is 5.84 Å². The van der Waals surface area contributed by atoms with E-state index in [1.807, 2.05) is 0 Å². The molecule has 0 bridgehead atoms. The lowest BCUT2D eigenvalue weighted by atomic mass is 10.2. The van der Waals surface area contributed by atoms with E-state index in [0.29, 0.717) is 11.3 Å². The topological polar surface area (TPSA) is 85.9 Å². The molecular weight excluding hydrogens is 303 g/mol. The number of nitrogens with two attached hydrogens (primary N) is 1. The predicted molar refractivity (Wildman–Crippen MR) is 73.3 cm³/mol. The van der Waals surface area contributed by atoms with Crippen LogP contribution < -0.4 is 15.8 Å². The maximum atomic E-state index is 12.0. The van der Waals surface area contributed by atoms with Crippen molar-refractivity contribution in [3.8, 4) is 5.75 Å². The zero-order chi connectivity index (χ0) is 16.8. The number of halogens is 3. The molecule has 0 spiro atoms. The van der Waals surface area contributed by atoms with Crippen LogP contribution in [0.3, 0.4) is 0 Å². The average Bonchev–Trinajstić information content (AvgIpc) is 2.49. The van der Waals surface area contributed by atoms with Crippen molar-refractivity contribution >= 4 is 11.7 Å². The first-order valence-electron chi connectivity index (χ1n) is 6.21. The summed E-state index contributed by atoms with van der Waals surface area (Å²) in [5, 5.41) is 5.21. The number of carbonyl (C=O) groups excluding carboxylic acids is 1. The smallest absolute Gasteiger partial charge is 0.405 e. The highest BCUT2D eigenvalue weighted by molar-refractivity contribution is 5.97. The Morgan fingerprint density at radius 1 is 1.36 bits per heavy atom. The number of hydrogen-bond donors (Lipinski definition) is 2. The summed E-state index contributed by atoms with van der Waals surface area (Å²) in [4.78, 5) is 16.2. The number of alkyl halides is 3. The highest BCUT2D eigenvalue weighted by Gasteiger charge is 2.29. The van der Waals surface area contributed by atoms with Crippen LogP contribution in [-0.4, -0.2) is 37.7 Å². The largest absolute Gasteiger partial charge is 0.497 e. The monoisotopic (exact) mass is 319 g/mol. The summed E-state index contributed by atoms with van der Waals surface area (Å²) < 4.78 is 40.9. The van der Waals surface area contributed by atoms with Crippen LogP contribution in [0.1, 0.15) is 12.5 Å². The first-order chi connectivity index (χ1) is 10.2. The van der Waals surface area contributed by atoms with Crippen LogP contribution in [0.5, 0.6) is 5.75 Å². The minimum atomic E-state index is -4.49. The number of amides is 1. The Bertz CT molecular complexity index is 530. The fraction of sp³-hybridized carbons (Fsp3) is 0.385. The van der Waals surface area contributed by atoms with Gasteiger partial charge in [0.15, 0.2) is 5.84 Å². The second-order valence-electron chi connectivity index (χ2n) is 4.29. The SMILES string of the molecule is COc1ccc(C(N)=NOC(C)C(=O)NCC(F)(F)F)cc1. The Kier molecular flexibility index (Phi) is 6.02.